The van der Waals surface area contributed by atoms with Gasteiger partial charge in [0, 0.05) is 37.4 Å². The summed E-state index contributed by atoms with van der Waals surface area (Å²) in [6.45, 7) is -1.15. The lowest BCUT2D eigenvalue weighted by Gasteiger charge is -2.22. The fourth-order valence-corrected chi connectivity index (χ4v) is 5.78. The van der Waals surface area contributed by atoms with Crippen LogP contribution in [-0.4, -0.2) is 56.6 Å². The minimum atomic E-state index is -0.550. The lowest BCUT2D eigenvalue weighted by molar-refractivity contribution is -0.126. The molecule has 0 aliphatic rings. The van der Waals surface area contributed by atoms with Gasteiger partial charge < -0.3 is 48.4 Å². The molecule has 0 atom stereocenters. The summed E-state index contributed by atoms with van der Waals surface area (Å²) in [5.41, 5.74) is 28.2. The van der Waals surface area contributed by atoms with Crippen LogP contribution in [0.25, 0.3) is 0 Å². The molecule has 0 heterocycles. The molecule has 57 heavy (non-hydrogen) atoms. The van der Waals surface area contributed by atoms with Gasteiger partial charge in [0.1, 0.15) is 24.6 Å². The number of methoxy groups -OCH3 is 2. The number of anilines is 3. The summed E-state index contributed by atoms with van der Waals surface area (Å²) in [5.74, 6) is -1.64. The van der Waals surface area contributed by atoms with Crippen LogP contribution in [-0.2, 0) is 45.4 Å². The van der Waals surface area contributed by atoms with E-state index in [0.717, 1.165) is 0 Å². The number of nitrogens with one attached hydrogen (secondary N) is 3. The van der Waals surface area contributed by atoms with E-state index >= 15 is 0 Å². The lowest BCUT2D eigenvalue weighted by Crippen LogP contribution is -2.24. The Morgan fingerprint density at radius 3 is 1.44 bits per heavy atom. The molecule has 0 saturated heterocycles. The Bertz CT molecular complexity index is 2120. The van der Waals surface area contributed by atoms with Crippen molar-refractivity contribution in [3.63, 3.8) is 0 Å². The van der Waals surface area contributed by atoms with Gasteiger partial charge >= 0.3 is 0 Å². The van der Waals surface area contributed by atoms with Crippen molar-refractivity contribution in [3.8, 4) is 11.5 Å². The highest BCUT2D eigenvalue weighted by atomic mass is 16.5. The van der Waals surface area contributed by atoms with Crippen molar-refractivity contribution in [2.75, 3.05) is 43.3 Å². The van der Waals surface area contributed by atoms with Crippen LogP contribution in [0.3, 0.4) is 0 Å². The Hall–Kier alpha value is -6.73. The maximum absolute atomic E-state index is 13.8. The first kappa shape index (κ1) is 43.0. The van der Waals surface area contributed by atoms with Crippen LogP contribution in [0.1, 0.15) is 45.5 Å². The number of ketones is 2. The first-order valence-corrected chi connectivity index (χ1v) is 17.6. The number of carbonyl (C=O) groups is 5. The molecule has 4 rings (SSSR count). The van der Waals surface area contributed by atoms with Crippen LogP contribution < -0.4 is 48.4 Å². The fourth-order valence-electron chi connectivity index (χ4n) is 5.78. The highest BCUT2D eigenvalue weighted by Gasteiger charge is 2.26. The molecule has 3 amide bonds. The van der Waals surface area contributed by atoms with Crippen LogP contribution in [0.15, 0.2) is 93.3 Å². The molecule has 4 aromatic carbocycles. The smallest absolute Gasteiger partial charge is 0.256 e. The second kappa shape index (κ2) is 21.4. The molecule has 0 radical (unpaired) electrons. The van der Waals surface area contributed by atoms with Gasteiger partial charge in [-0.05, 0) is 70.8 Å². The van der Waals surface area contributed by atoms with E-state index in [1.165, 1.54) is 14.2 Å². The molecule has 0 unspecified atom stereocenters. The molecule has 18 nitrogen and oxygen atoms in total. The number of hydrogen-bond acceptors (Lipinski definition) is 15. The second-order valence-corrected chi connectivity index (χ2v) is 12.2. The number of Topliss-reactive ketones (excluding diaryl/α,β-unsaturated/α-hetero) is 2. The molecule has 0 bridgehead atoms. The predicted octanol–water partition coefficient (Wildman–Crippen LogP) is 4.15. The molecule has 298 valence electrons. The normalized spacial score (nSPS) is 11.1. The van der Waals surface area contributed by atoms with Gasteiger partial charge in [-0.2, -0.15) is 20.5 Å². The van der Waals surface area contributed by atoms with Crippen LogP contribution >= 0.6 is 0 Å². The van der Waals surface area contributed by atoms with Gasteiger partial charge in [0.15, 0.2) is 11.6 Å². The highest BCUT2D eigenvalue weighted by Crippen LogP contribution is 2.35. The zero-order valence-electron chi connectivity index (χ0n) is 31.5. The quantitative estimate of drug-likeness (QED) is 0.0494. The summed E-state index contributed by atoms with van der Waals surface area (Å²) in [5, 5.41) is 24.4. The second-order valence-electron chi connectivity index (χ2n) is 12.2. The van der Waals surface area contributed by atoms with E-state index in [1.54, 1.807) is 72.8 Å². The number of amides is 3. The zero-order chi connectivity index (χ0) is 41.3. The third-order valence-corrected chi connectivity index (χ3v) is 8.40. The molecule has 4 aromatic rings. The molecule has 0 aliphatic carbocycles. The Balaban J connectivity index is 1.42. The molecular formula is C39H45N11O7. The average Bonchev–Trinajstić information content (AvgIpc) is 3.20. The summed E-state index contributed by atoms with van der Waals surface area (Å²) < 4.78 is 10.4. The standard InChI is InChI=1S/C39H45N11O7/c1-56-33-9-5-3-7-31(33)47-35(53)15-25(51)21-44-49-24-13-11-23(12-14-24)46-39(55)37-27(17-40)29(19-42)38(30(20-43)28(37)18-41)50-45-22-26(52)16-36(54)48-32-8-4-6-10-34(32)57-2/h3-14H,15-22,40-43H2,1-2H3,(H,46,55)(H,47,53)(H,48,54). The summed E-state index contributed by atoms with van der Waals surface area (Å²) in [6, 6.07) is 19.9. The molecule has 0 fully saturated rings. The van der Waals surface area contributed by atoms with Gasteiger partial charge in [0.25, 0.3) is 5.91 Å². The fraction of sp³-hybridized carbons (Fsp3) is 0.256. The Kier molecular flexibility index (Phi) is 16.1. The van der Waals surface area contributed by atoms with E-state index in [4.69, 9.17) is 32.4 Å². The number of ether oxygens (including phenoxy) is 2. The van der Waals surface area contributed by atoms with Gasteiger partial charge in [0.05, 0.1) is 49.8 Å². The van der Waals surface area contributed by atoms with Crippen molar-refractivity contribution in [2.24, 2.45) is 43.4 Å². The van der Waals surface area contributed by atoms with E-state index < -0.39 is 48.7 Å². The Labute approximate surface area is 328 Å². The topological polar surface area (TPSA) is 293 Å². The van der Waals surface area contributed by atoms with Crippen LogP contribution in [0.5, 0.6) is 11.5 Å². The van der Waals surface area contributed by atoms with Crippen molar-refractivity contribution in [1.29, 1.82) is 0 Å². The minimum Gasteiger partial charge on any atom is -0.495 e. The van der Waals surface area contributed by atoms with Gasteiger partial charge in [0.2, 0.25) is 11.8 Å². The molecule has 18 heteroatoms. The number of benzene rings is 4. The number of rotatable bonds is 20. The monoisotopic (exact) mass is 779 g/mol. The summed E-state index contributed by atoms with van der Waals surface area (Å²) in [6.07, 6.45) is -0.854. The maximum atomic E-state index is 13.8. The van der Waals surface area contributed by atoms with Crippen molar-refractivity contribution in [1.82, 2.24) is 0 Å². The van der Waals surface area contributed by atoms with Crippen LogP contribution in [0.2, 0.25) is 0 Å². The number of para-hydroxylation sites is 4. The maximum Gasteiger partial charge on any atom is 0.256 e. The van der Waals surface area contributed by atoms with Gasteiger partial charge in [-0.3, -0.25) is 24.0 Å². The molecular weight excluding hydrogens is 734 g/mol. The number of hydrogen-bond donors (Lipinski definition) is 7. The predicted molar refractivity (Wildman–Crippen MR) is 214 cm³/mol. The number of nitrogens with two attached hydrogens (primary N) is 4. The first-order chi connectivity index (χ1) is 27.6. The number of azo groups is 2. The van der Waals surface area contributed by atoms with E-state index in [0.29, 0.717) is 56.5 Å². The van der Waals surface area contributed by atoms with Crippen molar-refractivity contribution < 1.29 is 33.4 Å². The largest absolute Gasteiger partial charge is 0.495 e. The molecule has 0 aliphatic heterocycles. The lowest BCUT2D eigenvalue weighted by atomic mass is 9.88. The summed E-state index contributed by atoms with van der Waals surface area (Å²) in [4.78, 5) is 63.6. The third-order valence-electron chi connectivity index (χ3n) is 8.40. The number of carbonyl (C=O) groups excluding carboxylic acids is 5. The van der Waals surface area contributed by atoms with Gasteiger partial charge in [-0.15, -0.1) is 0 Å². The van der Waals surface area contributed by atoms with Gasteiger partial charge in [-0.1, -0.05) is 24.3 Å². The first-order valence-electron chi connectivity index (χ1n) is 17.6. The average molecular weight is 780 g/mol. The SMILES string of the molecule is COc1ccccc1NC(=O)CC(=O)CN=Nc1ccc(NC(=O)c2c(CN)c(CN)c(N=NCC(=O)CC(=O)Nc3ccccc3OC)c(CN)c2CN)cc1. The van der Waals surface area contributed by atoms with Crippen LogP contribution in [0, 0.1) is 0 Å². The minimum absolute atomic E-state index is 0.0943. The van der Waals surface area contributed by atoms with Crippen molar-refractivity contribution in [3.05, 3.63) is 101 Å². The Morgan fingerprint density at radius 2 is 1.00 bits per heavy atom. The molecule has 0 saturated carbocycles. The Morgan fingerprint density at radius 1 is 0.561 bits per heavy atom. The zero-order valence-corrected chi connectivity index (χ0v) is 31.5. The summed E-state index contributed by atoms with van der Waals surface area (Å²) in [7, 11) is 2.94. The van der Waals surface area contributed by atoms with E-state index in [1.807, 2.05) is 0 Å². The third kappa shape index (κ3) is 11.6. The van der Waals surface area contributed by atoms with Crippen molar-refractivity contribution in [2.45, 2.75) is 39.0 Å². The molecule has 0 aromatic heterocycles. The van der Waals surface area contributed by atoms with Gasteiger partial charge in [-0.25, -0.2) is 0 Å². The van der Waals surface area contributed by atoms with Crippen LogP contribution in [0.4, 0.5) is 28.4 Å². The van der Waals surface area contributed by atoms with E-state index in [-0.39, 0.29) is 44.0 Å². The van der Waals surface area contributed by atoms with E-state index in [2.05, 4.69) is 36.4 Å². The molecule has 11 N–H and O–H groups in total. The highest BCUT2D eigenvalue weighted by molar-refractivity contribution is 6.08. The molecule has 0 spiro atoms. The number of nitrogens with zero attached hydrogens (tertiary/aromatic N) is 4. The van der Waals surface area contributed by atoms with E-state index in [9.17, 15) is 24.0 Å². The summed E-state index contributed by atoms with van der Waals surface area (Å²) >= 11 is 0. The van der Waals surface area contributed by atoms with Crippen molar-refractivity contribution >= 4 is 57.7 Å².